The van der Waals surface area contributed by atoms with Crippen LogP contribution in [-0.2, 0) is 7.05 Å². The maximum Gasteiger partial charge on any atom is 0.261 e. The summed E-state index contributed by atoms with van der Waals surface area (Å²) in [7, 11) is 1.75. The first-order chi connectivity index (χ1) is 12.1. The Hall–Kier alpha value is -2.91. The smallest absolute Gasteiger partial charge is 0.261 e. The highest BCUT2D eigenvalue weighted by Gasteiger charge is 2.12. The van der Waals surface area contributed by atoms with Crippen molar-refractivity contribution in [2.45, 2.75) is 0 Å². The van der Waals surface area contributed by atoms with Gasteiger partial charge in [0.25, 0.3) is 5.56 Å². The molecular formula is C21H15ClN2O. The van der Waals surface area contributed by atoms with Gasteiger partial charge in [-0.3, -0.25) is 9.36 Å². The molecule has 4 aromatic rings. The lowest BCUT2D eigenvalue weighted by molar-refractivity contribution is 0.856. The van der Waals surface area contributed by atoms with Crippen LogP contribution < -0.4 is 5.56 Å². The van der Waals surface area contributed by atoms with Crippen LogP contribution in [0, 0.1) is 0 Å². The maximum atomic E-state index is 12.9. The van der Waals surface area contributed by atoms with Crippen molar-refractivity contribution in [3.05, 3.63) is 88.2 Å². The van der Waals surface area contributed by atoms with Crippen molar-refractivity contribution in [3.8, 4) is 22.5 Å². The lowest BCUT2D eigenvalue weighted by atomic mass is 10.0. The molecule has 0 aliphatic carbocycles. The third kappa shape index (κ3) is 2.73. The van der Waals surface area contributed by atoms with E-state index in [0.29, 0.717) is 21.7 Å². The fourth-order valence-corrected chi connectivity index (χ4v) is 3.22. The summed E-state index contributed by atoms with van der Waals surface area (Å²) in [6.45, 7) is 0. The van der Waals surface area contributed by atoms with Gasteiger partial charge >= 0.3 is 0 Å². The number of rotatable bonds is 2. The minimum absolute atomic E-state index is 0.0715. The van der Waals surface area contributed by atoms with E-state index >= 15 is 0 Å². The van der Waals surface area contributed by atoms with Gasteiger partial charge in [-0.05, 0) is 23.8 Å². The Morgan fingerprint density at radius 3 is 2.36 bits per heavy atom. The monoisotopic (exact) mass is 346 g/mol. The molecule has 0 saturated carbocycles. The molecule has 0 atom stereocenters. The third-order valence-corrected chi connectivity index (χ3v) is 4.62. The molecule has 25 heavy (non-hydrogen) atoms. The van der Waals surface area contributed by atoms with Crippen LogP contribution >= 0.6 is 11.6 Å². The Morgan fingerprint density at radius 1 is 0.880 bits per heavy atom. The Bertz CT molecular complexity index is 1130. The van der Waals surface area contributed by atoms with Crippen molar-refractivity contribution < 1.29 is 0 Å². The molecule has 0 spiro atoms. The van der Waals surface area contributed by atoms with Crippen molar-refractivity contribution >= 4 is 22.5 Å². The van der Waals surface area contributed by atoms with Crippen LogP contribution in [0.4, 0.5) is 0 Å². The Balaban J connectivity index is 1.95. The lowest BCUT2D eigenvalue weighted by Gasteiger charge is -2.11. The van der Waals surface area contributed by atoms with Gasteiger partial charge in [0.1, 0.15) is 5.82 Å². The predicted octanol–water partition coefficient (Wildman–Crippen LogP) is 4.92. The fourth-order valence-electron chi connectivity index (χ4n) is 2.98. The van der Waals surface area contributed by atoms with Crippen molar-refractivity contribution in [3.63, 3.8) is 0 Å². The molecule has 0 radical (unpaired) electrons. The first-order valence-electron chi connectivity index (χ1n) is 7.96. The molecule has 1 heterocycles. The fraction of sp³-hybridized carbons (Fsp3) is 0.0476. The van der Waals surface area contributed by atoms with E-state index in [1.54, 1.807) is 11.6 Å². The van der Waals surface area contributed by atoms with Gasteiger partial charge < -0.3 is 0 Å². The molecule has 1 aromatic heterocycles. The van der Waals surface area contributed by atoms with Gasteiger partial charge in [-0.2, -0.15) is 0 Å². The van der Waals surface area contributed by atoms with E-state index in [1.165, 1.54) is 0 Å². The van der Waals surface area contributed by atoms with Crippen LogP contribution in [-0.4, -0.2) is 9.55 Å². The SMILES string of the molecule is Cn1c(-c2ccccc2)nc2ccc(-c3ccccc3Cl)cc2c1=O. The van der Waals surface area contributed by atoms with E-state index in [4.69, 9.17) is 16.6 Å². The van der Waals surface area contributed by atoms with Gasteiger partial charge in [0.2, 0.25) is 0 Å². The van der Waals surface area contributed by atoms with E-state index in [9.17, 15) is 4.79 Å². The summed E-state index contributed by atoms with van der Waals surface area (Å²) in [4.78, 5) is 17.6. The Morgan fingerprint density at radius 2 is 1.60 bits per heavy atom. The van der Waals surface area contributed by atoms with Gasteiger partial charge in [0.15, 0.2) is 0 Å². The summed E-state index contributed by atoms with van der Waals surface area (Å²) < 4.78 is 1.59. The molecule has 3 aromatic carbocycles. The van der Waals surface area contributed by atoms with Gasteiger partial charge in [0.05, 0.1) is 10.9 Å². The number of aromatic nitrogens is 2. The summed E-state index contributed by atoms with van der Waals surface area (Å²) in [5.74, 6) is 0.656. The second-order valence-corrected chi connectivity index (χ2v) is 6.28. The summed E-state index contributed by atoms with van der Waals surface area (Å²) in [5, 5.41) is 1.24. The molecule has 0 aliphatic rings. The second kappa shape index (κ2) is 6.19. The molecule has 3 nitrogen and oxygen atoms in total. The lowest BCUT2D eigenvalue weighted by Crippen LogP contribution is -2.20. The number of hydrogen-bond donors (Lipinski definition) is 0. The van der Waals surface area contributed by atoms with Crippen molar-refractivity contribution in [1.29, 1.82) is 0 Å². The zero-order chi connectivity index (χ0) is 17.4. The van der Waals surface area contributed by atoms with Gasteiger partial charge in [-0.15, -0.1) is 0 Å². The summed E-state index contributed by atoms with van der Waals surface area (Å²) in [6, 6.07) is 23.0. The molecule has 4 heteroatoms. The maximum absolute atomic E-state index is 12.9. The highest BCUT2D eigenvalue weighted by atomic mass is 35.5. The van der Waals surface area contributed by atoms with Crippen molar-refractivity contribution in [1.82, 2.24) is 9.55 Å². The minimum atomic E-state index is -0.0715. The number of halogens is 1. The Labute approximate surface area is 150 Å². The van der Waals surface area contributed by atoms with E-state index in [2.05, 4.69) is 0 Å². The molecule has 4 rings (SSSR count). The molecule has 0 saturated heterocycles. The minimum Gasteiger partial charge on any atom is -0.295 e. The molecule has 0 unspecified atom stereocenters. The van der Waals surface area contributed by atoms with Crippen LogP contribution in [0.25, 0.3) is 33.4 Å². The summed E-state index contributed by atoms with van der Waals surface area (Å²) >= 11 is 6.29. The van der Waals surface area contributed by atoms with Crippen LogP contribution in [0.1, 0.15) is 0 Å². The van der Waals surface area contributed by atoms with Gasteiger partial charge in [0, 0.05) is 23.2 Å². The number of hydrogen-bond acceptors (Lipinski definition) is 2. The van der Waals surface area contributed by atoms with Crippen LogP contribution in [0.3, 0.4) is 0 Å². The average Bonchev–Trinajstić information content (AvgIpc) is 2.65. The standard InChI is InChI=1S/C21H15ClN2O/c1-24-20(14-7-3-2-4-8-14)23-19-12-11-15(13-17(19)21(24)25)16-9-5-6-10-18(16)22/h2-13H,1H3. The van der Waals surface area contributed by atoms with Gasteiger partial charge in [-0.1, -0.05) is 66.2 Å². The number of benzene rings is 3. The van der Waals surface area contributed by atoms with E-state index in [0.717, 1.165) is 16.7 Å². The highest BCUT2D eigenvalue weighted by Crippen LogP contribution is 2.29. The van der Waals surface area contributed by atoms with Crippen molar-refractivity contribution in [2.75, 3.05) is 0 Å². The topological polar surface area (TPSA) is 34.9 Å². The molecule has 0 aliphatic heterocycles. The highest BCUT2D eigenvalue weighted by molar-refractivity contribution is 6.33. The van der Waals surface area contributed by atoms with Crippen LogP contribution in [0.2, 0.25) is 5.02 Å². The molecule has 0 bridgehead atoms. The summed E-state index contributed by atoms with van der Waals surface area (Å²) in [5.41, 5.74) is 3.33. The van der Waals surface area contributed by atoms with E-state index in [1.807, 2.05) is 72.8 Å². The largest absolute Gasteiger partial charge is 0.295 e. The van der Waals surface area contributed by atoms with Crippen LogP contribution in [0.5, 0.6) is 0 Å². The van der Waals surface area contributed by atoms with Crippen LogP contribution in [0.15, 0.2) is 77.6 Å². The van der Waals surface area contributed by atoms with E-state index in [-0.39, 0.29) is 5.56 Å². The molecule has 122 valence electrons. The first kappa shape index (κ1) is 15.6. The summed E-state index contributed by atoms with van der Waals surface area (Å²) in [6.07, 6.45) is 0. The number of nitrogens with zero attached hydrogens (tertiary/aromatic N) is 2. The van der Waals surface area contributed by atoms with Crippen molar-refractivity contribution in [2.24, 2.45) is 7.05 Å². The molecular weight excluding hydrogens is 332 g/mol. The zero-order valence-electron chi connectivity index (χ0n) is 13.6. The molecule has 0 N–H and O–H groups in total. The molecule has 0 amide bonds. The average molecular weight is 347 g/mol. The predicted molar refractivity (Wildman–Crippen MR) is 103 cm³/mol. The van der Waals surface area contributed by atoms with Gasteiger partial charge in [-0.25, -0.2) is 4.98 Å². The first-order valence-corrected chi connectivity index (χ1v) is 8.34. The second-order valence-electron chi connectivity index (χ2n) is 5.88. The normalized spacial score (nSPS) is 11.0. The zero-order valence-corrected chi connectivity index (χ0v) is 14.4. The third-order valence-electron chi connectivity index (χ3n) is 4.29. The quantitative estimate of drug-likeness (QED) is 0.516. The number of fused-ring (bicyclic) bond motifs is 1. The Kier molecular flexibility index (Phi) is 3.86. The van der Waals surface area contributed by atoms with E-state index < -0.39 is 0 Å². The molecule has 0 fully saturated rings.